The van der Waals surface area contributed by atoms with Crippen LogP contribution in [0.5, 0.6) is 0 Å². The topological polar surface area (TPSA) is 89.5 Å². The minimum atomic E-state index is -3.70. The summed E-state index contributed by atoms with van der Waals surface area (Å²) in [6, 6.07) is 6.54. The van der Waals surface area contributed by atoms with E-state index < -0.39 is 10.1 Å². The Morgan fingerprint density at radius 1 is 0.729 bits per heavy atom. The van der Waals surface area contributed by atoms with Crippen LogP contribution in [0.3, 0.4) is 0 Å². The van der Waals surface area contributed by atoms with Crippen molar-refractivity contribution in [1.29, 1.82) is 0 Å². The van der Waals surface area contributed by atoms with Gasteiger partial charge in [-0.05, 0) is 129 Å². The highest BCUT2D eigenvalue weighted by molar-refractivity contribution is 7.98. The Hall–Kier alpha value is -0.630. The molecule has 1 aromatic carbocycles. The zero-order chi connectivity index (χ0) is 42.7. The largest absolute Gasteiger partial charge is 0.378 e. The van der Waals surface area contributed by atoms with E-state index in [0.717, 1.165) is 65.6 Å². The summed E-state index contributed by atoms with van der Waals surface area (Å²) in [5.41, 5.74) is 3.73. The van der Waals surface area contributed by atoms with Gasteiger partial charge in [-0.1, -0.05) is 83.2 Å². The Labute approximate surface area is 369 Å². The molecule has 0 aromatic heterocycles. The molecular formula is C48H82O8S3. The van der Waals surface area contributed by atoms with E-state index >= 15 is 0 Å². The molecule has 0 aliphatic heterocycles. The molecule has 8 atom stereocenters. The normalized spacial score (nSPS) is 28.3. The molecule has 0 spiro atoms. The molecule has 59 heavy (non-hydrogen) atoms. The molecule has 3 unspecified atom stereocenters. The molecule has 0 saturated heterocycles. The molecule has 3 saturated carbocycles. The van der Waals surface area contributed by atoms with Crippen LogP contribution < -0.4 is 0 Å². The first-order valence-corrected chi connectivity index (χ1v) is 27.1. The highest BCUT2D eigenvalue weighted by atomic mass is 32.2. The molecule has 4 aliphatic carbocycles. The van der Waals surface area contributed by atoms with E-state index in [9.17, 15) is 8.42 Å². The molecular weight excluding hydrogens is 801 g/mol. The fourth-order valence-corrected chi connectivity index (χ4v) is 12.4. The summed E-state index contributed by atoms with van der Waals surface area (Å²) >= 11 is 3.54. The van der Waals surface area contributed by atoms with Crippen LogP contribution in [0.15, 0.2) is 40.8 Å². The van der Waals surface area contributed by atoms with Crippen molar-refractivity contribution < 1.29 is 36.3 Å². The van der Waals surface area contributed by atoms with E-state index in [2.05, 4.69) is 47.0 Å². The lowest BCUT2D eigenvalue weighted by molar-refractivity contribution is -0.0687. The number of hydrogen-bond donors (Lipinski definition) is 0. The predicted octanol–water partition coefficient (Wildman–Crippen LogP) is 10.9. The van der Waals surface area contributed by atoms with Gasteiger partial charge in [-0.25, -0.2) is 0 Å². The molecule has 0 N–H and O–H groups in total. The number of fused-ring (bicyclic) bond motifs is 5. The zero-order valence-corrected chi connectivity index (χ0v) is 40.6. The summed E-state index contributed by atoms with van der Waals surface area (Å²) in [6.07, 6.45) is 22.4. The third kappa shape index (κ3) is 15.5. The summed E-state index contributed by atoms with van der Waals surface area (Å²) in [5.74, 6) is 7.47. The number of aryl methyl sites for hydroxylation is 1. The number of rotatable bonds is 26. The van der Waals surface area contributed by atoms with Gasteiger partial charge in [0, 0.05) is 11.5 Å². The second-order valence-corrected chi connectivity index (χ2v) is 22.1. The van der Waals surface area contributed by atoms with E-state index in [-0.39, 0.29) is 18.1 Å². The van der Waals surface area contributed by atoms with Gasteiger partial charge in [0.1, 0.15) is 0 Å². The highest BCUT2D eigenvalue weighted by Gasteiger charge is 2.59. The Morgan fingerprint density at radius 3 is 1.97 bits per heavy atom. The van der Waals surface area contributed by atoms with Crippen LogP contribution in [-0.2, 0) is 38.0 Å². The van der Waals surface area contributed by atoms with Crippen LogP contribution in [0.4, 0.5) is 0 Å². The van der Waals surface area contributed by atoms with Crippen LogP contribution in [0.2, 0.25) is 0 Å². The average Bonchev–Trinajstić information content (AvgIpc) is 3.57. The first kappa shape index (κ1) is 51.0. The lowest BCUT2D eigenvalue weighted by Gasteiger charge is -2.58. The van der Waals surface area contributed by atoms with Crippen molar-refractivity contribution in [2.45, 2.75) is 123 Å². The van der Waals surface area contributed by atoms with Crippen molar-refractivity contribution in [3.8, 4) is 0 Å². The Kier molecular flexibility index (Phi) is 22.7. The van der Waals surface area contributed by atoms with E-state index in [0.29, 0.717) is 63.2 Å². The van der Waals surface area contributed by atoms with Gasteiger partial charge in [-0.2, -0.15) is 31.9 Å². The van der Waals surface area contributed by atoms with Crippen LogP contribution in [0.25, 0.3) is 0 Å². The van der Waals surface area contributed by atoms with Gasteiger partial charge in [0.05, 0.1) is 77.1 Å². The average molecular weight is 883 g/mol. The van der Waals surface area contributed by atoms with Crippen molar-refractivity contribution in [1.82, 2.24) is 0 Å². The fourth-order valence-electron chi connectivity index (χ4n) is 11.0. The van der Waals surface area contributed by atoms with Gasteiger partial charge in [0.15, 0.2) is 0 Å². The molecule has 0 heterocycles. The maximum Gasteiger partial charge on any atom is 0.297 e. The molecule has 8 nitrogen and oxygen atoms in total. The molecule has 5 rings (SSSR count). The van der Waals surface area contributed by atoms with E-state index in [4.69, 9.17) is 27.9 Å². The van der Waals surface area contributed by atoms with Crippen molar-refractivity contribution >= 4 is 33.6 Å². The minimum absolute atomic E-state index is 0.00101. The summed E-state index contributed by atoms with van der Waals surface area (Å²) in [4.78, 5) is 0.161. The van der Waals surface area contributed by atoms with Crippen molar-refractivity contribution in [2.24, 2.45) is 46.3 Å². The quantitative estimate of drug-likeness (QED) is 0.0509. The third-order valence-electron chi connectivity index (χ3n) is 14.2. The molecule has 0 amide bonds. The van der Waals surface area contributed by atoms with Crippen LogP contribution in [0.1, 0.15) is 111 Å². The molecule has 0 bridgehead atoms. The molecule has 3 fully saturated rings. The molecule has 340 valence electrons. The third-order valence-corrected chi connectivity index (χ3v) is 16.7. The summed E-state index contributed by atoms with van der Waals surface area (Å²) < 4.78 is 56.8. The maximum absolute atomic E-state index is 11.8. The number of ether oxygens (including phenoxy) is 5. The highest BCUT2D eigenvalue weighted by Crippen LogP contribution is 2.67. The van der Waals surface area contributed by atoms with Gasteiger partial charge in [0.25, 0.3) is 10.1 Å². The second-order valence-electron chi connectivity index (χ2n) is 18.5. The second kappa shape index (κ2) is 26.2. The minimum Gasteiger partial charge on any atom is -0.378 e. The molecule has 1 aromatic rings. The van der Waals surface area contributed by atoms with Crippen molar-refractivity contribution in [3.63, 3.8) is 0 Å². The Balaban J connectivity index is 0.000000311. The molecule has 0 radical (unpaired) electrons. The number of thioether (sulfide) groups is 2. The lowest BCUT2D eigenvalue weighted by Crippen LogP contribution is -2.51. The standard InChI is InChI=1S/C34H60O3S.C14H22O5S2/c1-25(2)8-7-9-26(3)30-12-13-31-29-11-10-27-24-28(37-21-20-35-18-19-36-22-23-38-6)14-16-33(27,4)32(29)15-17-34(30,31)5;1-13-3-5-14(6-4-13)21(15,16)19-10-9-17-7-8-18-11-12-20-2/h10,25-26,28-32H,7-9,11-24H2,1-6H3;3-6H,7-12H2,1-2H3/t26-,28+,29?,30-,31?,32?,33+,34-;/m1./s1. The zero-order valence-electron chi connectivity index (χ0n) is 38.2. The van der Waals surface area contributed by atoms with Crippen molar-refractivity contribution in [3.05, 3.63) is 41.5 Å². The summed E-state index contributed by atoms with van der Waals surface area (Å²) in [6.45, 7) is 20.0. The van der Waals surface area contributed by atoms with Gasteiger partial charge in [-0.15, -0.1) is 0 Å². The maximum atomic E-state index is 11.8. The monoisotopic (exact) mass is 883 g/mol. The first-order chi connectivity index (χ1) is 28.4. The number of hydrogen-bond acceptors (Lipinski definition) is 10. The van der Waals surface area contributed by atoms with Gasteiger partial charge >= 0.3 is 0 Å². The predicted molar refractivity (Wildman–Crippen MR) is 247 cm³/mol. The van der Waals surface area contributed by atoms with Crippen LogP contribution >= 0.6 is 23.5 Å². The number of benzene rings is 1. The SMILES string of the molecule is CSCCOCCOCCOS(=O)(=O)c1ccc(C)cc1.CSCCOCCOCCO[C@H]1CC[C@@]2(C)C(=CCC3C2CC[C@@]2(C)C3CC[C@@H]2[C@H](C)CCCC(C)C)C1. The smallest absolute Gasteiger partial charge is 0.297 e. The molecule has 11 heteroatoms. The van der Waals surface area contributed by atoms with Gasteiger partial charge in [0.2, 0.25) is 0 Å². The summed E-state index contributed by atoms with van der Waals surface area (Å²) in [7, 11) is -3.70. The lowest BCUT2D eigenvalue weighted by atomic mass is 9.47. The van der Waals surface area contributed by atoms with Gasteiger partial charge in [-0.3, -0.25) is 4.18 Å². The summed E-state index contributed by atoms with van der Waals surface area (Å²) in [5, 5.41) is 0. The van der Waals surface area contributed by atoms with Crippen LogP contribution in [-0.4, -0.2) is 105 Å². The molecule has 4 aliphatic rings. The number of allylic oxidation sites excluding steroid dienone is 1. The van der Waals surface area contributed by atoms with Crippen molar-refractivity contribution in [2.75, 3.05) is 90.1 Å². The van der Waals surface area contributed by atoms with Crippen LogP contribution in [0, 0.1) is 53.3 Å². The van der Waals surface area contributed by atoms with E-state index in [1.807, 2.05) is 24.9 Å². The van der Waals surface area contributed by atoms with E-state index in [1.165, 1.54) is 76.3 Å². The van der Waals surface area contributed by atoms with E-state index in [1.54, 1.807) is 29.5 Å². The Bertz CT molecular complexity index is 1450. The van der Waals surface area contributed by atoms with Gasteiger partial charge < -0.3 is 23.7 Å². The fraction of sp³-hybridized carbons (Fsp3) is 0.833. The first-order valence-electron chi connectivity index (χ1n) is 22.9. The Morgan fingerprint density at radius 2 is 1.34 bits per heavy atom.